The third kappa shape index (κ3) is 2.70. The van der Waals surface area contributed by atoms with Gasteiger partial charge in [-0.2, -0.15) is 0 Å². The van der Waals surface area contributed by atoms with Gasteiger partial charge < -0.3 is 0 Å². The molecular formula is C5H9NaO2. The van der Waals surface area contributed by atoms with E-state index in [0.29, 0.717) is 5.92 Å². The molecule has 0 aromatic heterocycles. The van der Waals surface area contributed by atoms with Crippen LogP contribution in [0.3, 0.4) is 0 Å². The van der Waals surface area contributed by atoms with Gasteiger partial charge in [0, 0.05) is 0 Å². The summed E-state index contributed by atoms with van der Waals surface area (Å²) in [5.41, 5.74) is 0. The van der Waals surface area contributed by atoms with Crippen LogP contribution in [0.25, 0.3) is 0 Å². The molecule has 0 rings (SSSR count). The summed E-state index contributed by atoms with van der Waals surface area (Å²) < 4.78 is -0.0741. The Morgan fingerprint density at radius 1 is 1.62 bits per heavy atom. The minimum atomic E-state index is -0.647. The molecule has 2 nitrogen and oxygen atoms in total. The summed E-state index contributed by atoms with van der Waals surface area (Å²) in [7, 11) is 0. The molecule has 8 heavy (non-hydrogen) atoms. The Kier molecular flexibility index (Phi) is 3.69. The van der Waals surface area contributed by atoms with Crippen LogP contribution < -0.4 is 0 Å². The number of aliphatic carboxylic acids is 1. The average Bonchev–Trinajstić information content (AvgIpc) is 1.64. The van der Waals surface area contributed by atoms with Crippen LogP contribution in [0.15, 0.2) is 0 Å². The molecule has 1 atom stereocenters. The maximum absolute atomic E-state index is 10.2. The van der Waals surface area contributed by atoms with Gasteiger partial charge in [0.25, 0.3) is 0 Å². The molecule has 0 aliphatic heterocycles. The van der Waals surface area contributed by atoms with Crippen LogP contribution in [0.2, 0.25) is 3.17 Å². The molecule has 0 aliphatic rings. The van der Waals surface area contributed by atoms with Crippen molar-refractivity contribution in [2.24, 2.45) is 5.92 Å². The Bertz CT molecular complexity index is 90.4. The first-order valence-corrected chi connectivity index (χ1v) is 3.94. The summed E-state index contributed by atoms with van der Waals surface area (Å²) in [5.74, 6) is -0.342. The number of hydrogen-bond acceptors (Lipinski definition) is 1. The van der Waals surface area contributed by atoms with Gasteiger partial charge in [0.1, 0.15) is 0 Å². The molecule has 0 radical (unpaired) electrons. The molecular weight excluding hydrogens is 115 g/mol. The first-order chi connectivity index (χ1) is 3.55. The second kappa shape index (κ2) is 3.49. The molecule has 0 saturated carbocycles. The van der Waals surface area contributed by atoms with Gasteiger partial charge >= 0.3 is 66.7 Å². The van der Waals surface area contributed by atoms with Gasteiger partial charge in [0.15, 0.2) is 0 Å². The fourth-order valence-electron chi connectivity index (χ4n) is 0.285. The van der Waals surface area contributed by atoms with Gasteiger partial charge in [0.05, 0.1) is 0 Å². The third-order valence-electron chi connectivity index (χ3n) is 1.39. The number of carbonyl (C=O) groups is 1. The van der Waals surface area contributed by atoms with Crippen molar-refractivity contribution in [3.05, 3.63) is 0 Å². The van der Waals surface area contributed by atoms with E-state index in [9.17, 15) is 4.79 Å². The van der Waals surface area contributed by atoms with Gasteiger partial charge in [-0.3, -0.25) is 0 Å². The first-order valence-electron chi connectivity index (χ1n) is 2.78. The Labute approximate surface area is 66.7 Å². The Morgan fingerprint density at radius 3 is 2.00 bits per heavy atom. The van der Waals surface area contributed by atoms with Crippen LogP contribution in [-0.4, -0.2) is 39.0 Å². The topological polar surface area (TPSA) is 37.3 Å². The van der Waals surface area contributed by atoms with Gasteiger partial charge in [0.2, 0.25) is 0 Å². The quantitative estimate of drug-likeness (QED) is 0.550. The Balaban J connectivity index is 3.64. The average molecular weight is 124 g/mol. The maximum atomic E-state index is 10.2. The van der Waals surface area contributed by atoms with Crippen LogP contribution >= 0.6 is 0 Å². The van der Waals surface area contributed by atoms with Gasteiger partial charge in [-0.25, -0.2) is 0 Å². The van der Waals surface area contributed by atoms with E-state index >= 15 is 0 Å². The summed E-state index contributed by atoms with van der Waals surface area (Å²) in [6.07, 6.45) is 0. The zero-order chi connectivity index (χ0) is 6.73. The number of carboxylic acids is 1. The SMILES string of the molecule is CC(C)[C@H]([Na])C(=O)O. The predicted octanol–water partition coefficient (Wildman–Crippen LogP) is 0.684. The van der Waals surface area contributed by atoms with E-state index in [0.717, 1.165) is 27.9 Å². The van der Waals surface area contributed by atoms with E-state index in [1.54, 1.807) is 0 Å². The Morgan fingerprint density at radius 2 is 2.00 bits per heavy atom. The first kappa shape index (κ1) is 8.47. The number of carboxylic acid groups (broad SMARTS) is 1. The number of rotatable bonds is 2. The van der Waals surface area contributed by atoms with Crippen molar-refractivity contribution in [2.75, 3.05) is 0 Å². The van der Waals surface area contributed by atoms with Crippen LogP contribution in [0.5, 0.6) is 0 Å². The van der Waals surface area contributed by atoms with E-state index < -0.39 is 5.97 Å². The van der Waals surface area contributed by atoms with Gasteiger partial charge in [-0.1, -0.05) is 0 Å². The Hall–Kier alpha value is 0.470. The van der Waals surface area contributed by atoms with Crippen LogP contribution in [0.4, 0.5) is 0 Å². The van der Waals surface area contributed by atoms with Crippen molar-refractivity contribution >= 4 is 33.9 Å². The summed E-state index contributed by atoms with van der Waals surface area (Å²) >= 11 is 0.758. The molecule has 3 heteroatoms. The molecule has 0 aromatic carbocycles. The second-order valence-corrected chi connectivity index (χ2v) is 3.61. The van der Waals surface area contributed by atoms with E-state index in [4.69, 9.17) is 5.11 Å². The van der Waals surface area contributed by atoms with Crippen LogP contribution in [-0.2, 0) is 4.79 Å². The summed E-state index contributed by atoms with van der Waals surface area (Å²) in [6, 6.07) is 0. The van der Waals surface area contributed by atoms with E-state index in [-0.39, 0.29) is 3.17 Å². The zero-order valence-electron chi connectivity index (χ0n) is 5.51. The van der Waals surface area contributed by atoms with E-state index in [2.05, 4.69) is 0 Å². The molecule has 0 aromatic rings. The van der Waals surface area contributed by atoms with Crippen LogP contribution in [0, 0.1) is 5.92 Å². The zero-order valence-corrected chi connectivity index (χ0v) is 7.51. The van der Waals surface area contributed by atoms with E-state index in [1.165, 1.54) is 0 Å². The third-order valence-corrected chi connectivity index (χ3v) is 3.22. The van der Waals surface area contributed by atoms with Crippen molar-refractivity contribution in [3.63, 3.8) is 0 Å². The minimum absolute atomic E-state index is 0.0741. The monoisotopic (exact) mass is 124 g/mol. The summed E-state index contributed by atoms with van der Waals surface area (Å²) in [6.45, 7) is 3.87. The molecule has 0 fully saturated rings. The predicted molar refractivity (Wildman–Crippen MR) is 32.0 cm³/mol. The number of hydrogen-bond donors (Lipinski definition) is 1. The summed E-state index contributed by atoms with van der Waals surface area (Å²) in [5, 5.41) is 8.39. The fraction of sp³-hybridized carbons (Fsp3) is 0.800. The molecule has 42 valence electrons. The molecule has 1 N–H and O–H groups in total. The van der Waals surface area contributed by atoms with Gasteiger partial charge in [-0.15, -0.1) is 0 Å². The molecule has 0 spiro atoms. The normalized spacial score (nSPS) is 14.1. The van der Waals surface area contributed by atoms with Gasteiger partial charge in [-0.05, 0) is 0 Å². The fourth-order valence-corrected chi connectivity index (χ4v) is 0.285. The van der Waals surface area contributed by atoms with E-state index in [1.807, 2.05) is 13.8 Å². The molecule has 0 bridgehead atoms. The standard InChI is InChI=1S/C5H9O2.Na/c1-4(2)3-5(6)7;/h3-4H,1-2H3,(H,6,7);. The van der Waals surface area contributed by atoms with Crippen molar-refractivity contribution in [1.29, 1.82) is 0 Å². The molecule has 0 unspecified atom stereocenters. The molecule has 0 saturated heterocycles. The second-order valence-electron chi connectivity index (χ2n) is 2.37. The molecule has 0 amide bonds. The van der Waals surface area contributed by atoms with Crippen molar-refractivity contribution in [2.45, 2.75) is 17.0 Å². The van der Waals surface area contributed by atoms with Crippen molar-refractivity contribution < 1.29 is 9.90 Å². The van der Waals surface area contributed by atoms with Crippen molar-refractivity contribution in [3.8, 4) is 0 Å². The van der Waals surface area contributed by atoms with Crippen LogP contribution in [0.1, 0.15) is 13.8 Å². The summed E-state index contributed by atoms with van der Waals surface area (Å²) in [4.78, 5) is 10.2. The molecule has 0 aliphatic carbocycles. The molecule has 0 heterocycles. The van der Waals surface area contributed by atoms with Crippen molar-refractivity contribution in [1.82, 2.24) is 0 Å².